The van der Waals surface area contributed by atoms with Gasteiger partial charge in [-0.25, -0.2) is 5.43 Å². The van der Waals surface area contributed by atoms with E-state index in [1.165, 1.54) is 6.21 Å². The number of benzene rings is 3. The third-order valence-electron chi connectivity index (χ3n) is 3.75. The fourth-order valence-electron chi connectivity index (χ4n) is 2.37. The van der Waals surface area contributed by atoms with Crippen LogP contribution < -0.4 is 10.7 Å². The molecule has 0 unspecified atom stereocenters. The van der Waals surface area contributed by atoms with Crippen LogP contribution in [0.15, 0.2) is 77.9 Å². The number of halogens is 2. The summed E-state index contributed by atoms with van der Waals surface area (Å²) in [4.78, 5) is 24.3. The third kappa shape index (κ3) is 5.19. The highest BCUT2D eigenvalue weighted by Crippen LogP contribution is 2.17. The Morgan fingerprint density at radius 1 is 0.857 bits per heavy atom. The molecular formula is C21H15Cl2N3O2. The molecule has 0 aliphatic carbocycles. The third-order valence-corrected chi connectivity index (χ3v) is 4.33. The molecular weight excluding hydrogens is 397 g/mol. The van der Waals surface area contributed by atoms with Crippen molar-refractivity contribution in [3.05, 3.63) is 99.5 Å². The molecule has 0 saturated heterocycles. The summed E-state index contributed by atoms with van der Waals surface area (Å²) in [6.07, 6.45) is 1.49. The van der Waals surface area contributed by atoms with Crippen molar-refractivity contribution in [1.82, 2.24) is 5.43 Å². The van der Waals surface area contributed by atoms with Crippen molar-refractivity contribution in [2.75, 3.05) is 5.32 Å². The summed E-state index contributed by atoms with van der Waals surface area (Å²) in [6, 6.07) is 20.3. The first-order valence-electron chi connectivity index (χ1n) is 8.28. The minimum Gasteiger partial charge on any atom is -0.322 e. The van der Waals surface area contributed by atoms with Gasteiger partial charge in [0, 0.05) is 16.3 Å². The fraction of sp³-hybridized carbons (Fsp3) is 0. The molecule has 2 amide bonds. The highest BCUT2D eigenvalue weighted by Gasteiger charge is 2.09. The Morgan fingerprint density at radius 2 is 1.61 bits per heavy atom. The van der Waals surface area contributed by atoms with E-state index >= 15 is 0 Å². The van der Waals surface area contributed by atoms with Gasteiger partial charge in [0.15, 0.2) is 0 Å². The summed E-state index contributed by atoms with van der Waals surface area (Å²) in [5.41, 5.74) is 4.56. The Labute approximate surface area is 172 Å². The molecule has 5 nitrogen and oxygen atoms in total. The minimum atomic E-state index is -0.351. The topological polar surface area (TPSA) is 70.6 Å². The number of hydrogen-bond acceptors (Lipinski definition) is 3. The van der Waals surface area contributed by atoms with E-state index in [2.05, 4.69) is 15.8 Å². The van der Waals surface area contributed by atoms with Crippen LogP contribution in [-0.4, -0.2) is 18.0 Å². The first kappa shape index (κ1) is 19.6. The molecule has 28 heavy (non-hydrogen) atoms. The molecule has 3 rings (SSSR count). The number of anilines is 1. The van der Waals surface area contributed by atoms with E-state index in [0.717, 1.165) is 0 Å². The van der Waals surface area contributed by atoms with Gasteiger partial charge in [0.05, 0.1) is 16.8 Å². The van der Waals surface area contributed by atoms with Crippen LogP contribution in [-0.2, 0) is 0 Å². The summed E-state index contributed by atoms with van der Waals surface area (Å²) in [7, 11) is 0. The Balaban J connectivity index is 1.63. The molecule has 0 aliphatic rings. The number of nitrogens with zero attached hydrogens (tertiary/aromatic N) is 1. The highest BCUT2D eigenvalue weighted by atomic mass is 35.5. The Bertz CT molecular complexity index is 1030. The second-order valence-corrected chi connectivity index (χ2v) is 6.61. The predicted octanol–water partition coefficient (Wildman–Crippen LogP) is 5.01. The molecule has 3 aromatic rings. The van der Waals surface area contributed by atoms with Crippen molar-refractivity contribution in [2.45, 2.75) is 0 Å². The molecule has 140 valence electrons. The highest BCUT2D eigenvalue weighted by molar-refractivity contribution is 6.34. The fourth-order valence-corrected chi connectivity index (χ4v) is 2.72. The van der Waals surface area contributed by atoms with Gasteiger partial charge in [-0.1, -0.05) is 47.5 Å². The van der Waals surface area contributed by atoms with E-state index in [-0.39, 0.29) is 11.8 Å². The number of carbonyl (C=O) groups excluding carboxylic acids is 2. The quantitative estimate of drug-likeness (QED) is 0.457. The van der Waals surface area contributed by atoms with Crippen LogP contribution in [0.2, 0.25) is 10.0 Å². The van der Waals surface area contributed by atoms with Crippen molar-refractivity contribution in [2.24, 2.45) is 5.10 Å². The lowest BCUT2D eigenvalue weighted by molar-refractivity contribution is 0.0954. The van der Waals surface area contributed by atoms with Gasteiger partial charge in [-0.2, -0.15) is 5.10 Å². The monoisotopic (exact) mass is 411 g/mol. The van der Waals surface area contributed by atoms with Gasteiger partial charge in [0.2, 0.25) is 0 Å². The van der Waals surface area contributed by atoms with Gasteiger partial charge >= 0.3 is 0 Å². The maximum Gasteiger partial charge on any atom is 0.271 e. The standard InChI is InChI=1S/C21H15Cl2N3O2/c22-16-10-8-15(9-11-16)20(27)26-24-13-14-4-3-5-17(12-14)25-21(28)18-6-1-2-7-19(18)23/h1-13H,(H,25,28)(H,26,27)/b24-13+. The number of hydrazone groups is 1. The molecule has 0 radical (unpaired) electrons. The van der Waals surface area contributed by atoms with Crippen LogP contribution >= 0.6 is 23.2 Å². The van der Waals surface area contributed by atoms with E-state index in [0.29, 0.717) is 32.4 Å². The average Bonchev–Trinajstić information content (AvgIpc) is 2.69. The molecule has 0 spiro atoms. The van der Waals surface area contributed by atoms with Gasteiger partial charge in [-0.05, 0) is 54.1 Å². The first-order chi connectivity index (χ1) is 13.5. The maximum atomic E-state index is 12.3. The van der Waals surface area contributed by atoms with Crippen LogP contribution in [0, 0.1) is 0 Å². The molecule has 3 aromatic carbocycles. The summed E-state index contributed by atoms with van der Waals surface area (Å²) in [5.74, 6) is -0.660. The van der Waals surface area contributed by atoms with Gasteiger partial charge in [-0.3, -0.25) is 9.59 Å². The Hall–Kier alpha value is -3.15. The Morgan fingerprint density at radius 3 is 2.36 bits per heavy atom. The van der Waals surface area contributed by atoms with Crippen molar-refractivity contribution in [3.8, 4) is 0 Å². The first-order valence-corrected chi connectivity index (χ1v) is 9.03. The smallest absolute Gasteiger partial charge is 0.271 e. The number of nitrogens with one attached hydrogen (secondary N) is 2. The van der Waals surface area contributed by atoms with E-state index in [4.69, 9.17) is 23.2 Å². The van der Waals surface area contributed by atoms with Gasteiger partial charge in [0.1, 0.15) is 0 Å². The molecule has 7 heteroatoms. The molecule has 0 aromatic heterocycles. The largest absolute Gasteiger partial charge is 0.322 e. The van der Waals surface area contributed by atoms with Crippen LogP contribution in [0.5, 0.6) is 0 Å². The number of carbonyl (C=O) groups is 2. The maximum absolute atomic E-state index is 12.3. The van der Waals surface area contributed by atoms with Gasteiger partial charge < -0.3 is 5.32 Å². The minimum absolute atomic E-state index is 0.310. The number of rotatable bonds is 5. The average molecular weight is 412 g/mol. The summed E-state index contributed by atoms with van der Waals surface area (Å²) in [6.45, 7) is 0. The molecule has 0 atom stereocenters. The van der Waals surface area contributed by atoms with Crippen LogP contribution in [0.4, 0.5) is 5.69 Å². The van der Waals surface area contributed by atoms with Crippen molar-refractivity contribution in [1.29, 1.82) is 0 Å². The molecule has 0 fully saturated rings. The second-order valence-electron chi connectivity index (χ2n) is 5.77. The van der Waals surface area contributed by atoms with Crippen LogP contribution in [0.25, 0.3) is 0 Å². The zero-order valence-corrected chi connectivity index (χ0v) is 16.0. The van der Waals surface area contributed by atoms with Crippen molar-refractivity contribution >= 4 is 46.9 Å². The van der Waals surface area contributed by atoms with Gasteiger partial charge in [0.25, 0.3) is 11.8 Å². The van der Waals surface area contributed by atoms with Crippen LogP contribution in [0.3, 0.4) is 0 Å². The van der Waals surface area contributed by atoms with E-state index < -0.39 is 0 Å². The van der Waals surface area contributed by atoms with Crippen LogP contribution in [0.1, 0.15) is 26.3 Å². The second kappa shape index (κ2) is 9.17. The zero-order chi connectivity index (χ0) is 19.9. The van der Waals surface area contributed by atoms with E-state index in [9.17, 15) is 9.59 Å². The van der Waals surface area contributed by atoms with E-state index in [1.54, 1.807) is 72.8 Å². The molecule has 2 N–H and O–H groups in total. The van der Waals surface area contributed by atoms with E-state index in [1.807, 2.05) is 0 Å². The molecule has 0 saturated carbocycles. The summed E-state index contributed by atoms with van der Waals surface area (Å²) in [5, 5.41) is 7.66. The molecule has 0 bridgehead atoms. The number of amides is 2. The van der Waals surface area contributed by atoms with Crippen molar-refractivity contribution < 1.29 is 9.59 Å². The molecule has 0 heterocycles. The lowest BCUT2D eigenvalue weighted by Crippen LogP contribution is -2.17. The lowest BCUT2D eigenvalue weighted by atomic mass is 10.2. The SMILES string of the molecule is O=C(N/N=C/c1cccc(NC(=O)c2ccccc2Cl)c1)c1ccc(Cl)cc1. The Kier molecular flexibility index (Phi) is 6.42. The zero-order valence-electron chi connectivity index (χ0n) is 14.5. The normalized spacial score (nSPS) is 10.6. The number of hydrogen-bond donors (Lipinski definition) is 2. The molecule has 0 aliphatic heterocycles. The lowest BCUT2D eigenvalue weighted by Gasteiger charge is -2.07. The predicted molar refractivity (Wildman–Crippen MR) is 112 cm³/mol. The summed E-state index contributed by atoms with van der Waals surface area (Å²) < 4.78 is 0. The van der Waals surface area contributed by atoms with Crippen molar-refractivity contribution in [3.63, 3.8) is 0 Å². The summed E-state index contributed by atoms with van der Waals surface area (Å²) >= 11 is 11.8. The van der Waals surface area contributed by atoms with Gasteiger partial charge in [-0.15, -0.1) is 0 Å².